The number of methoxy groups -OCH3 is 1. The summed E-state index contributed by atoms with van der Waals surface area (Å²) in [5.74, 6) is -0.230. The fourth-order valence-electron chi connectivity index (χ4n) is 5.40. The largest absolute Gasteiger partial charge is 0.493 e. The molecule has 1 heterocycles. The van der Waals surface area contributed by atoms with E-state index < -0.39 is 30.1 Å². The molecule has 9 nitrogen and oxygen atoms in total. The number of carbonyl (C=O) groups is 3. The van der Waals surface area contributed by atoms with Crippen LogP contribution in [0.5, 0.6) is 11.5 Å². The summed E-state index contributed by atoms with van der Waals surface area (Å²) in [6, 6.07) is 11.8. The number of benzene rings is 2. The second-order valence-corrected chi connectivity index (χ2v) is 10.1. The first-order valence-corrected chi connectivity index (χ1v) is 12.9. The highest BCUT2D eigenvalue weighted by molar-refractivity contribution is 5.96. The quantitative estimate of drug-likeness (QED) is 0.407. The Morgan fingerprint density at radius 2 is 1.97 bits per heavy atom. The Morgan fingerprint density at radius 3 is 2.63 bits per heavy atom. The fraction of sp³-hybridized carbons (Fsp3) is 0.414. The van der Waals surface area contributed by atoms with Crippen LogP contribution < -0.4 is 14.8 Å². The van der Waals surface area contributed by atoms with Crippen LogP contribution in [0, 0.1) is 5.92 Å². The van der Waals surface area contributed by atoms with Crippen molar-refractivity contribution in [1.29, 1.82) is 0 Å². The maximum Gasteiger partial charge on any atom is 0.247 e. The monoisotopic (exact) mass is 520 g/mol. The summed E-state index contributed by atoms with van der Waals surface area (Å²) in [7, 11) is 1.46. The van der Waals surface area contributed by atoms with Gasteiger partial charge in [-0.15, -0.1) is 0 Å². The zero-order valence-corrected chi connectivity index (χ0v) is 21.2. The van der Waals surface area contributed by atoms with E-state index in [4.69, 9.17) is 9.47 Å². The lowest BCUT2D eigenvalue weighted by Crippen LogP contribution is -2.56. The van der Waals surface area contributed by atoms with Crippen LogP contribution in [0.1, 0.15) is 40.2 Å². The van der Waals surface area contributed by atoms with Gasteiger partial charge >= 0.3 is 0 Å². The molecule has 0 spiro atoms. The number of rotatable bonds is 10. The molecule has 3 N–H and O–H groups in total. The summed E-state index contributed by atoms with van der Waals surface area (Å²) in [4.78, 5) is 40.3. The molecule has 3 aliphatic rings. The molecule has 200 valence electrons. The van der Waals surface area contributed by atoms with E-state index in [1.165, 1.54) is 7.11 Å². The minimum atomic E-state index is -1.13. The molecule has 0 unspecified atom stereocenters. The molecule has 2 aromatic carbocycles. The van der Waals surface area contributed by atoms with Gasteiger partial charge in [-0.2, -0.15) is 0 Å². The van der Waals surface area contributed by atoms with E-state index >= 15 is 0 Å². The number of ether oxygens (including phenoxy) is 2. The number of hydrogen-bond donors (Lipinski definition) is 3. The second-order valence-electron chi connectivity index (χ2n) is 10.1. The van der Waals surface area contributed by atoms with Gasteiger partial charge in [-0.25, -0.2) is 0 Å². The molecule has 2 amide bonds. The first-order chi connectivity index (χ1) is 18.4. The minimum Gasteiger partial charge on any atom is -0.493 e. The molecule has 1 saturated carbocycles. The van der Waals surface area contributed by atoms with E-state index in [0.29, 0.717) is 46.9 Å². The number of nitrogens with one attached hydrogen (secondary N) is 1. The lowest BCUT2D eigenvalue weighted by molar-refractivity contribution is -0.136. The van der Waals surface area contributed by atoms with Gasteiger partial charge in [0.1, 0.15) is 18.5 Å². The number of aliphatic hydroxyl groups excluding tert-OH is 2. The Balaban J connectivity index is 1.55. The molecule has 0 aromatic heterocycles. The highest BCUT2D eigenvalue weighted by Gasteiger charge is 2.51. The third kappa shape index (κ3) is 5.04. The Morgan fingerprint density at radius 1 is 1.21 bits per heavy atom. The molecule has 0 bridgehead atoms. The smallest absolute Gasteiger partial charge is 0.247 e. The second kappa shape index (κ2) is 11.0. The van der Waals surface area contributed by atoms with Crippen LogP contribution >= 0.6 is 0 Å². The predicted octanol–water partition coefficient (Wildman–Crippen LogP) is 1.61. The Kier molecular flexibility index (Phi) is 7.49. The Hall–Kier alpha value is -3.69. The van der Waals surface area contributed by atoms with Crippen molar-refractivity contribution >= 4 is 18.1 Å². The van der Waals surface area contributed by atoms with E-state index in [1.54, 1.807) is 23.1 Å². The van der Waals surface area contributed by atoms with Crippen molar-refractivity contribution in [3.8, 4) is 11.5 Å². The average molecular weight is 521 g/mol. The van der Waals surface area contributed by atoms with Crippen LogP contribution in [-0.4, -0.2) is 78.3 Å². The summed E-state index contributed by atoms with van der Waals surface area (Å²) >= 11 is 0. The molecule has 9 heteroatoms. The van der Waals surface area contributed by atoms with Gasteiger partial charge in [0.2, 0.25) is 11.8 Å². The first kappa shape index (κ1) is 25.9. The maximum atomic E-state index is 13.6. The van der Waals surface area contributed by atoms with E-state index in [1.807, 2.05) is 30.3 Å². The molecular weight excluding hydrogens is 488 g/mol. The summed E-state index contributed by atoms with van der Waals surface area (Å²) in [5.41, 5.74) is 2.09. The van der Waals surface area contributed by atoms with Crippen molar-refractivity contribution in [2.24, 2.45) is 5.92 Å². The van der Waals surface area contributed by atoms with Gasteiger partial charge in [0, 0.05) is 29.8 Å². The Bertz CT molecular complexity index is 1240. The summed E-state index contributed by atoms with van der Waals surface area (Å²) in [6.45, 7) is 0.280. The highest BCUT2D eigenvalue weighted by atomic mass is 16.5. The standard InChI is InChI=1S/C29H32N2O7/c1-37-23-12-19(16-33)11-20-25-21(29(36)30-9-10-32)14-22(26(35)28(25)38-27(20)23)31(15-18-7-8-18)24(34)13-17-5-3-2-4-6-17/h2-6,11-12,14,16,18,22,25-26,28,32,35H,7-10,13,15H2,1H3,(H,30,36)/t22-,25+,26+,28+/m1/s1. The van der Waals surface area contributed by atoms with Crippen LogP contribution in [-0.2, 0) is 16.0 Å². The summed E-state index contributed by atoms with van der Waals surface area (Å²) < 4.78 is 11.7. The number of amides is 2. The molecule has 4 atom stereocenters. The number of nitrogens with zero attached hydrogens (tertiary/aromatic N) is 1. The number of aliphatic hydroxyl groups is 2. The molecule has 38 heavy (non-hydrogen) atoms. The molecule has 0 saturated heterocycles. The van der Waals surface area contributed by atoms with Crippen LogP contribution in [0.25, 0.3) is 0 Å². The van der Waals surface area contributed by atoms with Gasteiger partial charge in [0.05, 0.1) is 32.1 Å². The molecule has 2 aliphatic carbocycles. The van der Waals surface area contributed by atoms with Crippen LogP contribution in [0.3, 0.4) is 0 Å². The van der Waals surface area contributed by atoms with Crippen LogP contribution in [0.15, 0.2) is 54.1 Å². The van der Waals surface area contributed by atoms with Gasteiger partial charge in [-0.05, 0) is 42.5 Å². The molecule has 2 aromatic rings. The zero-order chi connectivity index (χ0) is 26.8. The van der Waals surface area contributed by atoms with E-state index in [0.717, 1.165) is 18.4 Å². The highest BCUT2D eigenvalue weighted by Crippen LogP contribution is 2.51. The normalized spacial score (nSPS) is 23.4. The molecule has 1 fully saturated rings. The topological polar surface area (TPSA) is 125 Å². The van der Waals surface area contributed by atoms with Crippen molar-refractivity contribution in [1.82, 2.24) is 10.2 Å². The van der Waals surface area contributed by atoms with Crippen LogP contribution in [0.4, 0.5) is 0 Å². The molecule has 0 radical (unpaired) electrons. The molecule has 1 aliphatic heterocycles. The van der Waals surface area contributed by atoms with Crippen molar-refractivity contribution in [2.45, 2.75) is 43.4 Å². The zero-order valence-electron chi connectivity index (χ0n) is 21.2. The third-order valence-electron chi connectivity index (χ3n) is 7.44. The van der Waals surface area contributed by atoms with Crippen molar-refractivity contribution < 1.29 is 34.1 Å². The summed E-state index contributed by atoms with van der Waals surface area (Å²) in [5, 5.41) is 23.6. The SMILES string of the molecule is COc1cc(C=O)cc2c1O[C@@H]1[C@@H](O)[C@H](N(CC3CC3)C(=O)Cc3ccccc3)C=C(C(=O)NCCO)[C@H]21. The van der Waals surface area contributed by atoms with Gasteiger partial charge in [0.15, 0.2) is 11.5 Å². The summed E-state index contributed by atoms with van der Waals surface area (Å²) in [6.07, 6.45) is 2.51. The lowest BCUT2D eigenvalue weighted by atomic mass is 9.77. The lowest BCUT2D eigenvalue weighted by Gasteiger charge is -2.41. The molecule has 5 rings (SSSR count). The van der Waals surface area contributed by atoms with Crippen molar-refractivity contribution in [2.75, 3.05) is 26.8 Å². The number of carbonyl (C=O) groups excluding carboxylic acids is 3. The number of hydrogen-bond acceptors (Lipinski definition) is 7. The maximum absolute atomic E-state index is 13.6. The minimum absolute atomic E-state index is 0.0465. The Labute approximate surface area is 221 Å². The van der Waals surface area contributed by atoms with E-state index in [9.17, 15) is 24.6 Å². The van der Waals surface area contributed by atoms with E-state index in [2.05, 4.69) is 5.32 Å². The average Bonchev–Trinajstić information content (AvgIpc) is 3.68. The van der Waals surface area contributed by atoms with Crippen molar-refractivity contribution in [3.63, 3.8) is 0 Å². The first-order valence-electron chi connectivity index (χ1n) is 12.9. The van der Waals surface area contributed by atoms with Gasteiger partial charge in [-0.3, -0.25) is 14.4 Å². The van der Waals surface area contributed by atoms with Gasteiger partial charge < -0.3 is 29.9 Å². The number of fused-ring (bicyclic) bond motifs is 3. The van der Waals surface area contributed by atoms with Gasteiger partial charge in [0.25, 0.3) is 0 Å². The van der Waals surface area contributed by atoms with Crippen LogP contribution in [0.2, 0.25) is 0 Å². The predicted molar refractivity (Wildman–Crippen MR) is 138 cm³/mol. The van der Waals surface area contributed by atoms with Gasteiger partial charge in [-0.1, -0.05) is 30.3 Å². The number of aldehydes is 1. The third-order valence-corrected chi connectivity index (χ3v) is 7.44. The fourth-order valence-corrected chi connectivity index (χ4v) is 5.40. The van der Waals surface area contributed by atoms with Crippen molar-refractivity contribution in [3.05, 3.63) is 70.8 Å². The van der Waals surface area contributed by atoms with E-state index in [-0.39, 0.29) is 25.5 Å². The molecular formula is C29H32N2O7.